The van der Waals surface area contributed by atoms with E-state index >= 15 is 0 Å². The van der Waals surface area contributed by atoms with Gasteiger partial charge in [0, 0.05) is 4.47 Å². The van der Waals surface area contributed by atoms with Crippen molar-refractivity contribution in [2.24, 2.45) is 0 Å². The lowest BCUT2D eigenvalue weighted by atomic mass is 10.1. The SMILES string of the molecule is Cc1cc(OCC(=O)Nc2ccccc2F)cc(C)c1Br. The summed E-state index contributed by atoms with van der Waals surface area (Å²) in [5.74, 6) is -0.267. The Hall–Kier alpha value is -1.88. The van der Waals surface area contributed by atoms with Crippen molar-refractivity contribution in [3.63, 3.8) is 0 Å². The monoisotopic (exact) mass is 351 g/mol. The molecule has 0 heterocycles. The lowest BCUT2D eigenvalue weighted by molar-refractivity contribution is -0.118. The first kappa shape index (κ1) is 15.5. The summed E-state index contributed by atoms with van der Waals surface area (Å²) >= 11 is 3.47. The third-order valence-corrected chi connectivity index (χ3v) is 4.18. The molecule has 0 spiro atoms. The Balaban J connectivity index is 1.97. The third-order valence-electron chi connectivity index (χ3n) is 2.93. The highest BCUT2D eigenvalue weighted by Crippen LogP contribution is 2.26. The van der Waals surface area contributed by atoms with E-state index < -0.39 is 11.7 Å². The molecule has 0 aliphatic carbocycles. The largest absolute Gasteiger partial charge is 0.484 e. The van der Waals surface area contributed by atoms with Crippen LogP contribution in [0, 0.1) is 19.7 Å². The fraction of sp³-hybridized carbons (Fsp3) is 0.188. The molecule has 0 aliphatic rings. The standard InChI is InChI=1S/C16H15BrFNO2/c1-10-7-12(8-11(2)16(10)17)21-9-15(20)19-14-6-4-3-5-13(14)18/h3-8H,9H2,1-2H3,(H,19,20). The van der Waals surface area contributed by atoms with Crippen LogP contribution in [0.5, 0.6) is 5.75 Å². The van der Waals surface area contributed by atoms with Gasteiger partial charge in [-0.05, 0) is 49.2 Å². The van der Waals surface area contributed by atoms with Gasteiger partial charge in [0.05, 0.1) is 5.69 Å². The Labute approximate surface area is 131 Å². The van der Waals surface area contributed by atoms with E-state index in [-0.39, 0.29) is 12.3 Å². The Morgan fingerprint density at radius 3 is 2.48 bits per heavy atom. The fourth-order valence-corrected chi connectivity index (χ4v) is 2.12. The summed E-state index contributed by atoms with van der Waals surface area (Å²) in [4.78, 5) is 11.8. The maximum absolute atomic E-state index is 13.4. The van der Waals surface area contributed by atoms with Crippen LogP contribution in [-0.4, -0.2) is 12.5 Å². The van der Waals surface area contributed by atoms with Gasteiger partial charge < -0.3 is 10.1 Å². The van der Waals surface area contributed by atoms with Crippen molar-refractivity contribution in [1.82, 2.24) is 0 Å². The fourth-order valence-electron chi connectivity index (χ4n) is 1.89. The molecule has 110 valence electrons. The predicted molar refractivity (Wildman–Crippen MR) is 84.1 cm³/mol. The molecular formula is C16H15BrFNO2. The zero-order valence-corrected chi connectivity index (χ0v) is 13.3. The molecule has 0 radical (unpaired) electrons. The van der Waals surface area contributed by atoms with E-state index in [1.807, 2.05) is 26.0 Å². The van der Waals surface area contributed by atoms with Gasteiger partial charge in [-0.3, -0.25) is 4.79 Å². The lowest BCUT2D eigenvalue weighted by Gasteiger charge is -2.10. The van der Waals surface area contributed by atoms with Gasteiger partial charge in [0.25, 0.3) is 5.91 Å². The molecule has 0 aliphatic heterocycles. The van der Waals surface area contributed by atoms with E-state index in [1.54, 1.807) is 12.1 Å². The summed E-state index contributed by atoms with van der Waals surface area (Å²) in [5, 5.41) is 2.47. The molecule has 1 N–H and O–H groups in total. The van der Waals surface area contributed by atoms with Crippen LogP contribution >= 0.6 is 15.9 Å². The summed E-state index contributed by atoms with van der Waals surface area (Å²) in [5.41, 5.74) is 2.20. The van der Waals surface area contributed by atoms with E-state index in [1.165, 1.54) is 12.1 Å². The Morgan fingerprint density at radius 2 is 1.86 bits per heavy atom. The predicted octanol–water partition coefficient (Wildman–Crippen LogP) is 4.22. The number of amides is 1. The normalized spacial score (nSPS) is 10.3. The Morgan fingerprint density at radius 1 is 1.24 bits per heavy atom. The van der Waals surface area contributed by atoms with E-state index in [4.69, 9.17) is 4.74 Å². The number of halogens is 2. The molecule has 3 nitrogen and oxygen atoms in total. The van der Waals surface area contributed by atoms with Crippen LogP contribution in [0.15, 0.2) is 40.9 Å². The minimum atomic E-state index is -0.471. The average Bonchev–Trinajstić information content (AvgIpc) is 2.45. The summed E-state index contributed by atoms with van der Waals surface area (Å²) in [6.45, 7) is 3.72. The van der Waals surface area contributed by atoms with Gasteiger partial charge in [-0.15, -0.1) is 0 Å². The van der Waals surface area contributed by atoms with E-state index in [9.17, 15) is 9.18 Å². The molecule has 0 fully saturated rings. The van der Waals surface area contributed by atoms with Crippen LogP contribution in [0.3, 0.4) is 0 Å². The molecular weight excluding hydrogens is 337 g/mol. The molecule has 21 heavy (non-hydrogen) atoms. The quantitative estimate of drug-likeness (QED) is 0.895. The van der Waals surface area contributed by atoms with E-state index in [2.05, 4.69) is 21.2 Å². The van der Waals surface area contributed by atoms with Gasteiger partial charge in [0.1, 0.15) is 11.6 Å². The summed E-state index contributed by atoms with van der Waals surface area (Å²) < 4.78 is 19.9. The average molecular weight is 352 g/mol. The highest BCUT2D eigenvalue weighted by molar-refractivity contribution is 9.10. The number of carbonyl (C=O) groups is 1. The van der Waals surface area contributed by atoms with E-state index in [0.29, 0.717) is 5.75 Å². The van der Waals surface area contributed by atoms with E-state index in [0.717, 1.165) is 15.6 Å². The lowest BCUT2D eigenvalue weighted by Crippen LogP contribution is -2.20. The van der Waals surface area contributed by atoms with Gasteiger partial charge in [0.2, 0.25) is 0 Å². The Kier molecular flexibility index (Phi) is 4.96. The number of benzene rings is 2. The minimum Gasteiger partial charge on any atom is -0.484 e. The van der Waals surface area contributed by atoms with Crippen molar-refractivity contribution in [2.75, 3.05) is 11.9 Å². The number of hydrogen-bond acceptors (Lipinski definition) is 2. The molecule has 2 rings (SSSR count). The summed E-state index contributed by atoms with van der Waals surface area (Å²) in [6.07, 6.45) is 0. The van der Waals surface area contributed by atoms with Gasteiger partial charge in [-0.1, -0.05) is 28.1 Å². The summed E-state index contributed by atoms with van der Waals surface area (Å²) in [6, 6.07) is 9.69. The highest BCUT2D eigenvalue weighted by atomic mass is 79.9. The molecule has 2 aromatic carbocycles. The number of rotatable bonds is 4. The van der Waals surface area contributed by atoms with Crippen LogP contribution in [-0.2, 0) is 4.79 Å². The molecule has 1 amide bonds. The molecule has 0 bridgehead atoms. The molecule has 0 saturated carbocycles. The Bertz CT molecular complexity index is 650. The number of ether oxygens (including phenoxy) is 1. The van der Waals surface area contributed by atoms with Gasteiger partial charge in [-0.25, -0.2) is 4.39 Å². The van der Waals surface area contributed by atoms with Gasteiger partial charge in [-0.2, -0.15) is 0 Å². The van der Waals surface area contributed by atoms with Crippen molar-refractivity contribution in [2.45, 2.75) is 13.8 Å². The zero-order valence-electron chi connectivity index (χ0n) is 11.7. The summed E-state index contributed by atoms with van der Waals surface area (Å²) in [7, 11) is 0. The number of carbonyl (C=O) groups excluding carboxylic acids is 1. The molecule has 2 aromatic rings. The molecule has 5 heteroatoms. The second-order valence-corrected chi connectivity index (χ2v) is 5.48. The van der Waals surface area contributed by atoms with Gasteiger partial charge in [0.15, 0.2) is 6.61 Å². The number of anilines is 1. The first-order chi connectivity index (χ1) is 9.97. The first-order valence-corrected chi connectivity index (χ1v) is 7.20. The number of aryl methyl sites for hydroxylation is 2. The van der Waals surface area contributed by atoms with Crippen LogP contribution in [0.1, 0.15) is 11.1 Å². The first-order valence-electron chi connectivity index (χ1n) is 6.41. The van der Waals surface area contributed by atoms with Crippen LogP contribution in [0.2, 0.25) is 0 Å². The van der Waals surface area contributed by atoms with Crippen molar-refractivity contribution in [3.05, 3.63) is 57.8 Å². The third kappa shape index (κ3) is 4.04. The van der Waals surface area contributed by atoms with Crippen LogP contribution < -0.4 is 10.1 Å². The molecule has 0 aromatic heterocycles. The maximum atomic E-state index is 13.4. The van der Waals surface area contributed by atoms with Crippen molar-refractivity contribution in [1.29, 1.82) is 0 Å². The molecule has 0 saturated heterocycles. The van der Waals surface area contributed by atoms with Crippen molar-refractivity contribution >= 4 is 27.5 Å². The minimum absolute atomic E-state index is 0.147. The number of hydrogen-bond donors (Lipinski definition) is 1. The zero-order chi connectivity index (χ0) is 15.4. The van der Waals surface area contributed by atoms with Gasteiger partial charge >= 0.3 is 0 Å². The topological polar surface area (TPSA) is 38.3 Å². The maximum Gasteiger partial charge on any atom is 0.262 e. The van der Waals surface area contributed by atoms with Crippen molar-refractivity contribution in [3.8, 4) is 5.75 Å². The van der Waals surface area contributed by atoms with Crippen LogP contribution in [0.25, 0.3) is 0 Å². The second-order valence-electron chi connectivity index (χ2n) is 4.69. The molecule has 0 atom stereocenters. The molecule has 0 unspecified atom stereocenters. The van der Waals surface area contributed by atoms with Crippen molar-refractivity contribution < 1.29 is 13.9 Å². The number of para-hydroxylation sites is 1. The number of nitrogens with one attached hydrogen (secondary N) is 1. The highest BCUT2D eigenvalue weighted by Gasteiger charge is 2.08. The smallest absolute Gasteiger partial charge is 0.262 e. The second kappa shape index (κ2) is 6.72. The van der Waals surface area contributed by atoms with Crippen LogP contribution in [0.4, 0.5) is 10.1 Å².